The average molecular weight is 264 g/mol. The highest BCUT2D eigenvalue weighted by molar-refractivity contribution is 6.32. The molecule has 0 aromatic carbocycles. The fraction of sp³-hybridized carbons (Fsp3) is 0.273. The minimum absolute atomic E-state index is 0.0486. The summed E-state index contributed by atoms with van der Waals surface area (Å²) >= 11 is 5.86. The number of azide groups is 1. The first-order chi connectivity index (χ1) is 8.63. The molecule has 7 heteroatoms. The fourth-order valence-electron chi connectivity index (χ4n) is 1.78. The molecule has 1 aromatic rings. The highest BCUT2D eigenvalue weighted by Gasteiger charge is 2.15. The van der Waals surface area contributed by atoms with Gasteiger partial charge in [-0.1, -0.05) is 40.5 Å². The van der Waals surface area contributed by atoms with Crippen LogP contribution in [-0.4, -0.2) is 9.78 Å². The third-order valence-electron chi connectivity index (χ3n) is 2.61. The summed E-state index contributed by atoms with van der Waals surface area (Å²) in [5.74, 6) is 0. The molecule has 6 nitrogen and oxygen atoms in total. The van der Waals surface area contributed by atoms with Crippen LogP contribution in [0.5, 0.6) is 0 Å². The van der Waals surface area contributed by atoms with E-state index in [1.54, 1.807) is 0 Å². The molecule has 1 unspecified atom stereocenters. The Kier molecular flexibility index (Phi) is 3.50. The predicted molar refractivity (Wildman–Crippen MR) is 68.9 cm³/mol. The van der Waals surface area contributed by atoms with Crippen molar-refractivity contribution in [3.63, 3.8) is 0 Å². The Bertz CT molecular complexity index is 639. The Labute approximate surface area is 108 Å². The quantitative estimate of drug-likeness (QED) is 0.466. The minimum Gasteiger partial charge on any atom is -0.266 e. The minimum atomic E-state index is -0.453. The molecule has 1 atom stereocenters. The summed E-state index contributed by atoms with van der Waals surface area (Å²) in [6.07, 6.45) is 7.88. The maximum Gasteiger partial charge on any atom is 0.286 e. The standard InChI is InChI=1S/C11H10ClN5O/c1-7-3-2-4-8(5-7)17-11(18)10(12)9(6-14-17)15-16-13/h2-3,5-6,8H,4H2,1H3. The van der Waals surface area contributed by atoms with Crippen LogP contribution in [0.3, 0.4) is 0 Å². The van der Waals surface area contributed by atoms with E-state index in [0.29, 0.717) is 6.42 Å². The molecule has 0 aliphatic heterocycles. The van der Waals surface area contributed by atoms with Crippen molar-refractivity contribution in [3.8, 4) is 0 Å². The van der Waals surface area contributed by atoms with Crippen molar-refractivity contribution in [2.24, 2.45) is 5.11 Å². The number of hydrogen-bond donors (Lipinski definition) is 0. The van der Waals surface area contributed by atoms with Crippen LogP contribution in [0.15, 0.2) is 39.9 Å². The SMILES string of the molecule is CC1=CC(n2ncc(N=[N+]=[N-])c(Cl)c2=O)CC=C1. The van der Waals surface area contributed by atoms with Crippen molar-refractivity contribution < 1.29 is 0 Å². The van der Waals surface area contributed by atoms with Gasteiger partial charge < -0.3 is 0 Å². The van der Waals surface area contributed by atoms with E-state index in [1.165, 1.54) is 10.9 Å². The molecule has 1 aliphatic rings. The molecule has 2 rings (SSSR count). The van der Waals surface area contributed by atoms with Gasteiger partial charge in [0.05, 0.1) is 17.9 Å². The van der Waals surface area contributed by atoms with Gasteiger partial charge in [0.25, 0.3) is 5.56 Å². The highest BCUT2D eigenvalue weighted by Crippen LogP contribution is 2.23. The van der Waals surface area contributed by atoms with Gasteiger partial charge in [0.1, 0.15) is 5.02 Å². The van der Waals surface area contributed by atoms with E-state index >= 15 is 0 Å². The summed E-state index contributed by atoms with van der Waals surface area (Å²) in [6.45, 7) is 1.95. The summed E-state index contributed by atoms with van der Waals surface area (Å²) in [5.41, 5.74) is 8.99. The molecule has 18 heavy (non-hydrogen) atoms. The number of rotatable bonds is 2. The molecule has 1 aromatic heterocycles. The van der Waals surface area contributed by atoms with Gasteiger partial charge in [-0.05, 0) is 18.9 Å². The second-order valence-electron chi connectivity index (χ2n) is 3.90. The lowest BCUT2D eigenvalue weighted by Gasteiger charge is -2.17. The number of halogens is 1. The summed E-state index contributed by atoms with van der Waals surface area (Å²) in [5, 5.41) is 7.20. The van der Waals surface area contributed by atoms with Crippen LogP contribution in [0.2, 0.25) is 5.02 Å². The summed E-state index contributed by atoms with van der Waals surface area (Å²) in [4.78, 5) is 14.6. The molecule has 0 saturated carbocycles. The van der Waals surface area contributed by atoms with Crippen molar-refractivity contribution in [1.82, 2.24) is 9.78 Å². The van der Waals surface area contributed by atoms with Crippen molar-refractivity contribution >= 4 is 17.3 Å². The number of allylic oxidation sites excluding steroid dienone is 4. The third-order valence-corrected chi connectivity index (χ3v) is 2.96. The summed E-state index contributed by atoms with van der Waals surface area (Å²) < 4.78 is 1.30. The monoisotopic (exact) mass is 263 g/mol. The van der Waals surface area contributed by atoms with Crippen LogP contribution in [0, 0.1) is 0 Å². The smallest absolute Gasteiger partial charge is 0.266 e. The zero-order valence-corrected chi connectivity index (χ0v) is 10.4. The molecule has 92 valence electrons. The second-order valence-corrected chi connectivity index (χ2v) is 4.28. The van der Waals surface area contributed by atoms with E-state index in [0.717, 1.165) is 5.57 Å². The molecule has 0 saturated heterocycles. The molecule has 0 amide bonds. The Morgan fingerprint density at radius 2 is 2.44 bits per heavy atom. The van der Waals surface area contributed by atoms with Gasteiger partial charge in [0.2, 0.25) is 0 Å². The molecular formula is C11H10ClN5O. The van der Waals surface area contributed by atoms with Crippen LogP contribution < -0.4 is 5.56 Å². The van der Waals surface area contributed by atoms with Gasteiger partial charge in [-0.3, -0.25) is 4.79 Å². The maximum absolute atomic E-state index is 12.0. The van der Waals surface area contributed by atoms with E-state index in [2.05, 4.69) is 15.1 Å². The Morgan fingerprint density at radius 1 is 1.67 bits per heavy atom. The average Bonchev–Trinajstić information content (AvgIpc) is 2.35. The molecule has 0 spiro atoms. The van der Waals surface area contributed by atoms with E-state index in [1.807, 2.05) is 25.2 Å². The first-order valence-electron chi connectivity index (χ1n) is 5.31. The molecule has 0 fully saturated rings. The van der Waals surface area contributed by atoms with Gasteiger partial charge in [-0.15, -0.1) is 0 Å². The van der Waals surface area contributed by atoms with Crippen molar-refractivity contribution in [2.75, 3.05) is 0 Å². The molecule has 0 bridgehead atoms. The number of hydrogen-bond acceptors (Lipinski definition) is 3. The Balaban J connectivity index is 2.48. The lowest BCUT2D eigenvalue weighted by molar-refractivity contribution is 0.509. The number of aromatic nitrogens is 2. The molecule has 0 N–H and O–H groups in total. The van der Waals surface area contributed by atoms with Crippen LogP contribution >= 0.6 is 11.6 Å². The van der Waals surface area contributed by atoms with Crippen molar-refractivity contribution in [2.45, 2.75) is 19.4 Å². The molecule has 1 aliphatic carbocycles. The van der Waals surface area contributed by atoms with Crippen molar-refractivity contribution in [3.05, 3.63) is 55.8 Å². The van der Waals surface area contributed by atoms with Gasteiger partial charge in [0, 0.05) is 4.91 Å². The maximum atomic E-state index is 12.0. The lowest BCUT2D eigenvalue weighted by atomic mass is 10.0. The van der Waals surface area contributed by atoms with Crippen LogP contribution in [0.25, 0.3) is 10.4 Å². The van der Waals surface area contributed by atoms with E-state index < -0.39 is 5.56 Å². The van der Waals surface area contributed by atoms with Gasteiger partial charge in [-0.25, -0.2) is 4.68 Å². The normalized spacial score (nSPS) is 18.1. The first kappa shape index (κ1) is 12.4. The Hall–Kier alpha value is -2.04. The van der Waals surface area contributed by atoms with Crippen LogP contribution in [0.4, 0.5) is 5.69 Å². The molecular weight excluding hydrogens is 254 g/mol. The molecule has 1 heterocycles. The predicted octanol–water partition coefficient (Wildman–Crippen LogP) is 3.29. The zero-order chi connectivity index (χ0) is 13.1. The summed E-state index contributed by atoms with van der Waals surface area (Å²) in [6, 6.07) is -0.153. The van der Waals surface area contributed by atoms with E-state index in [9.17, 15) is 4.79 Å². The number of nitrogens with zero attached hydrogens (tertiary/aromatic N) is 5. The van der Waals surface area contributed by atoms with Gasteiger partial charge in [0.15, 0.2) is 0 Å². The van der Waals surface area contributed by atoms with Gasteiger partial charge in [-0.2, -0.15) is 5.10 Å². The topological polar surface area (TPSA) is 83.7 Å². The van der Waals surface area contributed by atoms with E-state index in [4.69, 9.17) is 17.1 Å². The van der Waals surface area contributed by atoms with E-state index in [-0.39, 0.29) is 16.8 Å². The second kappa shape index (κ2) is 5.08. The highest BCUT2D eigenvalue weighted by atomic mass is 35.5. The summed E-state index contributed by atoms with van der Waals surface area (Å²) in [7, 11) is 0. The van der Waals surface area contributed by atoms with Crippen LogP contribution in [0.1, 0.15) is 19.4 Å². The fourth-order valence-corrected chi connectivity index (χ4v) is 1.95. The zero-order valence-electron chi connectivity index (χ0n) is 9.62. The van der Waals surface area contributed by atoms with Gasteiger partial charge >= 0.3 is 0 Å². The largest absolute Gasteiger partial charge is 0.286 e. The van der Waals surface area contributed by atoms with Crippen LogP contribution in [-0.2, 0) is 0 Å². The van der Waals surface area contributed by atoms with Crippen molar-refractivity contribution in [1.29, 1.82) is 0 Å². The lowest BCUT2D eigenvalue weighted by Crippen LogP contribution is -2.27. The Morgan fingerprint density at radius 3 is 3.11 bits per heavy atom. The first-order valence-corrected chi connectivity index (χ1v) is 5.68. The third kappa shape index (κ3) is 2.30. The molecule has 0 radical (unpaired) electrons.